The van der Waals surface area contributed by atoms with E-state index < -0.39 is 0 Å². The maximum atomic E-state index is 4.98. The van der Waals surface area contributed by atoms with Crippen molar-refractivity contribution in [3.8, 4) is 0 Å². The van der Waals surface area contributed by atoms with Crippen LogP contribution in [0.2, 0.25) is 0 Å². The molecule has 0 aromatic carbocycles. The predicted molar refractivity (Wildman–Crippen MR) is 89.5 cm³/mol. The second-order valence-corrected chi connectivity index (χ2v) is 7.06. The second-order valence-electron chi connectivity index (χ2n) is 6.27. The van der Waals surface area contributed by atoms with Gasteiger partial charge in [0.15, 0.2) is 0 Å². The third-order valence-corrected chi connectivity index (χ3v) is 5.26. The van der Waals surface area contributed by atoms with Crippen LogP contribution >= 0.6 is 15.9 Å². The summed E-state index contributed by atoms with van der Waals surface area (Å²) in [6, 6.07) is 0.528. The Bertz CT molecular complexity index is 439. The van der Waals surface area contributed by atoms with Crippen LogP contribution in [0.3, 0.4) is 0 Å². The lowest BCUT2D eigenvalue weighted by molar-refractivity contribution is 0.320. The van der Waals surface area contributed by atoms with Gasteiger partial charge in [0.25, 0.3) is 0 Å². The highest BCUT2D eigenvalue weighted by Crippen LogP contribution is 2.40. The molecule has 0 bridgehead atoms. The number of anilines is 1. The van der Waals surface area contributed by atoms with Crippen LogP contribution in [-0.4, -0.2) is 16.3 Å². The van der Waals surface area contributed by atoms with Gasteiger partial charge in [-0.25, -0.2) is 4.68 Å². The van der Waals surface area contributed by atoms with Crippen LogP contribution in [-0.2, 0) is 0 Å². The zero-order valence-electron chi connectivity index (χ0n) is 13.2. The van der Waals surface area contributed by atoms with Crippen molar-refractivity contribution >= 4 is 21.7 Å². The Kier molecular flexibility index (Phi) is 5.53. The molecule has 0 spiro atoms. The Labute approximate surface area is 131 Å². The first-order valence-electron chi connectivity index (χ1n) is 8.11. The van der Waals surface area contributed by atoms with E-state index in [4.69, 9.17) is 5.10 Å². The number of fused-ring (bicyclic) bond motifs is 1. The van der Waals surface area contributed by atoms with Crippen molar-refractivity contribution in [2.24, 2.45) is 5.92 Å². The summed E-state index contributed by atoms with van der Waals surface area (Å²) in [5.41, 5.74) is 1.26. The summed E-state index contributed by atoms with van der Waals surface area (Å²) in [4.78, 5) is 0. The van der Waals surface area contributed by atoms with Crippen molar-refractivity contribution in [1.82, 2.24) is 9.78 Å². The number of nitrogens with one attached hydrogen (secondary N) is 1. The first-order chi connectivity index (χ1) is 9.60. The van der Waals surface area contributed by atoms with Crippen molar-refractivity contribution in [3.63, 3.8) is 0 Å². The Morgan fingerprint density at radius 2 is 2.15 bits per heavy atom. The third-order valence-electron chi connectivity index (χ3n) is 4.48. The first kappa shape index (κ1) is 15.9. The molecule has 2 atom stereocenters. The highest BCUT2D eigenvalue weighted by Gasteiger charge is 2.29. The minimum absolute atomic E-state index is 0.528. The van der Waals surface area contributed by atoms with Crippen LogP contribution < -0.4 is 5.32 Å². The zero-order chi connectivity index (χ0) is 14.7. The van der Waals surface area contributed by atoms with Gasteiger partial charge in [0.1, 0.15) is 5.82 Å². The molecular formula is C16H28BrN3. The highest BCUT2D eigenvalue weighted by atomic mass is 79.9. The fraction of sp³-hybridized carbons (Fsp3) is 0.812. The van der Waals surface area contributed by atoms with Crippen molar-refractivity contribution in [2.45, 2.75) is 71.8 Å². The van der Waals surface area contributed by atoms with Crippen LogP contribution in [0.1, 0.15) is 77.5 Å². The normalized spacial score (nSPS) is 19.8. The minimum Gasteiger partial charge on any atom is -0.369 e. The molecule has 1 aliphatic rings. The molecule has 1 N–H and O–H groups in total. The van der Waals surface area contributed by atoms with E-state index in [1.54, 1.807) is 0 Å². The summed E-state index contributed by atoms with van der Waals surface area (Å²) in [7, 11) is 0. The molecule has 2 unspecified atom stereocenters. The fourth-order valence-corrected chi connectivity index (χ4v) is 3.88. The van der Waals surface area contributed by atoms with Crippen LogP contribution in [0.4, 0.5) is 5.82 Å². The van der Waals surface area contributed by atoms with E-state index in [1.807, 2.05) is 0 Å². The van der Waals surface area contributed by atoms with Gasteiger partial charge in [0.05, 0.1) is 16.2 Å². The number of unbranched alkanes of at least 4 members (excludes halogenated alkanes) is 1. The summed E-state index contributed by atoms with van der Waals surface area (Å²) >= 11 is 3.80. The summed E-state index contributed by atoms with van der Waals surface area (Å²) in [6.07, 6.45) is 6.13. The Balaban J connectivity index is 2.31. The van der Waals surface area contributed by atoms with Gasteiger partial charge in [-0.05, 0) is 41.1 Å². The average Bonchev–Trinajstić information content (AvgIpc) is 2.77. The minimum atomic E-state index is 0.528. The first-order valence-corrected chi connectivity index (χ1v) is 8.91. The number of halogens is 1. The van der Waals surface area contributed by atoms with E-state index >= 15 is 0 Å². The molecule has 3 nitrogen and oxygen atoms in total. The number of rotatable bonds is 6. The van der Waals surface area contributed by atoms with E-state index in [2.05, 4.69) is 53.6 Å². The van der Waals surface area contributed by atoms with Crippen molar-refractivity contribution < 1.29 is 0 Å². The quantitative estimate of drug-likeness (QED) is 0.756. The lowest BCUT2D eigenvalue weighted by Gasteiger charge is -2.28. The molecule has 0 saturated heterocycles. The molecule has 114 valence electrons. The fourth-order valence-electron chi connectivity index (χ4n) is 3.15. The molecule has 1 aromatic heterocycles. The Morgan fingerprint density at radius 1 is 1.40 bits per heavy atom. The van der Waals surface area contributed by atoms with Crippen molar-refractivity contribution in [3.05, 3.63) is 10.2 Å². The zero-order valence-corrected chi connectivity index (χ0v) is 14.8. The lowest BCUT2D eigenvalue weighted by Crippen LogP contribution is -2.27. The molecule has 4 heteroatoms. The van der Waals surface area contributed by atoms with Gasteiger partial charge < -0.3 is 5.32 Å². The van der Waals surface area contributed by atoms with E-state index in [1.165, 1.54) is 48.1 Å². The standard InChI is InChI=1S/C16H28BrN3/c1-5-7-8-12(6-2)15-14(17)16-18-10-9-13(11(3)4)20(16)19-15/h11-13,18H,5-10H2,1-4H3. The monoisotopic (exact) mass is 341 g/mol. The van der Waals surface area contributed by atoms with E-state index in [9.17, 15) is 0 Å². The van der Waals surface area contributed by atoms with Gasteiger partial charge >= 0.3 is 0 Å². The van der Waals surface area contributed by atoms with Gasteiger partial charge in [0.2, 0.25) is 0 Å². The molecule has 0 saturated carbocycles. The van der Waals surface area contributed by atoms with Gasteiger partial charge in [-0.2, -0.15) is 5.10 Å². The van der Waals surface area contributed by atoms with Gasteiger partial charge in [0, 0.05) is 12.5 Å². The van der Waals surface area contributed by atoms with Crippen LogP contribution in [0.15, 0.2) is 4.47 Å². The Hall–Kier alpha value is -0.510. The predicted octanol–water partition coefficient (Wildman–Crippen LogP) is 5.34. The van der Waals surface area contributed by atoms with Crippen LogP contribution in [0.25, 0.3) is 0 Å². The maximum absolute atomic E-state index is 4.98. The average molecular weight is 342 g/mol. The molecule has 0 aliphatic carbocycles. The lowest BCUT2D eigenvalue weighted by atomic mass is 9.96. The van der Waals surface area contributed by atoms with Gasteiger partial charge in [-0.15, -0.1) is 0 Å². The summed E-state index contributed by atoms with van der Waals surface area (Å²) in [5.74, 6) is 2.41. The van der Waals surface area contributed by atoms with Crippen LogP contribution in [0, 0.1) is 5.92 Å². The van der Waals surface area contributed by atoms with E-state index in [0.29, 0.717) is 17.9 Å². The van der Waals surface area contributed by atoms with Gasteiger partial charge in [-0.1, -0.05) is 40.5 Å². The Morgan fingerprint density at radius 3 is 2.75 bits per heavy atom. The third kappa shape index (κ3) is 3.05. The molecule has 2 rings (SSSR count). The van der Waals surface area contributed by atoms with Crippen molar-refractivity contribution in [1.29, 1.82) is 0 Å². The molecule has 1 aliphatic heterocycles. The molecule has 2 heterocycles. The SMILES string of the molecule is CCCCC(CC)c1nn2c(c1Br)NCCC2C(C)C. The molecule has 0 fully saturated rings. The summed E-state index contributed by atoms with van der Waals surface area (Å²) in [6.45, 7) is 10.2. The number of hydrogen-bond acceptors (Lipinski definition) is 2. The second kappa shape index (κ2) is 6.97. The van der Waals surface area contributed by atoms with Gasteiger partial charge in [-0.3, -0.25) is 0 Å². The van der Waals surface area contributed by atoms with Crippen LogP contribution in [0.5, 0.6) is 0 Å². The van der Waals surface area contributed by atoms with E-state index in [0.717, 1.165) is 6.54 Å². The number of aromatic nitrogens is 2. The van der Waals surface area contributed by atoms with Crippen molar-refractivity contribution in [2.75, 3.05) is 11.9 Å². The topological polar surface area (TPSA) is 29.9 Å². The highest BCUT2D eigenvalue weighted by molar-refractivity contribution is 9.10. The smallest absolute Gasteiger partial charge is 0.139 e. The van der Waals surface area contributed by atoms with E-state index in [-0.39, 0.29) is 0 Å². The summed E-state index contributed by atoms with van der Waals surface area (Å²) in [5, 5.41) is 8.51. The number of nitrogens with zero attached hydrogens (tertiary/aromatic N) is 2. The largest absolute Gasteiger partial charge is 0.369 e. The molecule has 0 radical (unpaired) electrons. The molecule has 20 heavy (non-hydrogen) atoms. The molecule has 1 aromatic rings. The summed E-state index contributed by atoms with van der Waals surface area (Å²) < 4.78 is 3.44. The molecule has 0 amide bonds. The maximum Gasteiger partial charge on any atom is 0.139 e. The molecular weight excluding hydrogens is 314 g/mol. The number of hydrogen-bond donors (Lipinski definition) is 1.